The number of fused-ring (bicyclic) bond motifs is 2. The van der Waals surface area contributed by atoms with Gasteiger partial charge in [0, 0.05) is 26.7 Å². The van der Waals surface area contributed by atoms with Crippen LogP contribution in [0.3, 0.4) is 0 Å². The molecule has 3 heterocycles. The van der Waals surface area contributed by atoms with Gasteiger partial charge in [-0.3, -0.25) is 9.36 Å². The smallest absolute Gasteiger partial charge is 0.341 e. The summed E-state index contributed by atoms with van der Waals surface area (Å²) in [6, 6.07) is 0.164. The Morgan fingerprint density at radius 1 is 1.03 bits per heavy atom. The molecule has 7 nitrogen and oxygen atoms in total. The molecule has 5 rings (SSSR count). The van der Waals surface area contributed by atoms with Crippen LogP contribution < -0.4 is 5.32 Å². The molecule has 198 valence electrons. The number of carbonyl (C=O) groups excluding carboxylic acids is 2. The van der Waals surface area contributed by atoms with Gasteiger partial charge < -0.3 is 10.1 Å². The number of amides is 1. The molecule has 2 aliphatic rings. The fraction of sp³-hybridized carbons (Fsp3) is 0.556. The molecule has 1 N–H and O–H groups in total. The molecule has 2 aliphatic carbocycles. The number of aryl methyl sites for hydroxylation is 2. The van der Waals surface area contributed by atoms with Crippen molar-refractivity contribution in [1.29, 1.82) is 0 Å². The van der Waals surface area contributed by atoms with Gasteiger partial charge in [-0.15, -0.1) is 32.9 Å². The van der Waals surface area contributed by atoms with Crippen molar-refractivity contribution in [3.8, 4) is 11.4 Å². The van der Waals surface area contributed by atoms with Gasteiger partial charge >= 0.3 is 5.97 Å². The molecule has 37 heavy (non-hydrogen) atoms. The van der Waals surface area contributed by atoms with Crippen LogP contribution in [0.2, 0.25) is 0 Å². The number of aromatic nitrogens is 3. The van der Waals surface area contributed by atoms with E-state index in [1.165, 1.54) is 76.8 Å². The molecule has 0 atom stereocenters. The first kappa shape index (κ1) is 26.4. The number of nitrogens with one attached hydrogen (secondary N) is 1. The predicted octanol–water partition coefficient (Wildman–Crippen LogP) is 6.70. The quantitative estimate of drug-likeness (QED) is 0.256. The first-order valence-corrected chi connectivity index (χ1v) is 15.9. The minimum absolute atomic E-state index is 0.155. The van der Waals surface area contributed by atoms with Crippen LogP contribution in [0.25, 0.3) is 11.4 Å². The van der Waals surface area contributed by atoms with E-state index in [2.05, 4.69) is 39.3 Å². The first-order chi connectivity index (χ1) is 18.0. The molecule has 0 saturated heterocycles. The maximum absolute atomic E-state index is 13.1. The third-order valence-electron chi connectivity index (χ3n) is 7.13. The molecular formula is C27H34N4O3S3. The summed E-state index contributed by atoms with van der Waals surface area (Å²) in [4.78, 5) is 28.4. The Hall–Kier alpha value is -2.17. The molecule has 0 bridgehead atoms. The monoisotopic (exact) mass is 558 g/mol. The number of carbonyl (C=O) groups is 2. The molecule has 0 fully saturated rings. The number of anilines is 1. The number of rotatable bonds is 7. The third-order valence-corrected chi connectivity index (χ3v) is 10.4. The van der Waals surface area contributed by atoms with Crippen molar-refractivity contribution in [3.05, 3.63) is 31.8 Å². The van der Waals surface area contributed by atoms with E-state index in [0.29, 0.717) is 10.6 Å². The van der Waals surface area contributed by atoms with Crippen LogP contribution in [0.5, 0.6) is 0 Å². The Bertz CT molecular complexity index is 1290. The number of esters is 1. The van der Waals surface area contributed by atoms with Crippen molar-refractivity contribution in [2.75, 3.05) is 18.2 Å². The lowest BCUT2D eigenvalue weighted by Gasteiger charge is -2.16. The number of hydrogen-bond acceptors (Lipinski definition) is 8. The molecule has 1 amide bonds. The SMILES string of the molecule is COC(=O)c1c(NC(=O)CSc2nnc(-c3csc4c3CCCC4)n2C(C)C)sc2c1CCCCCC2. The topological polar surface area (TPSA) is 86.1 Å². The van der Waals surface area contributed by atoms with E-state index in [1.54, 1.807) is 0 Å². The number of nitrogens with zero attached hydrogens (tertiary/aromatic N) is 3. The fourth-order valence-corrected chi connectivity index (χ4v) is 8.61. The summed E-state index contributed by atoms with van der Waals surface area (Å²) >= 11 is 4.74. The summed E-state index contributed by atoms with van der Waals surface area (Å²) in [7, 11) is 1.40. The number of methoxy groups -OCH3 is 1. The second-order valence-corrected chi connectivity index (χ2v) is 13.0. The van der Waals surface area contributed by atoms with Gasteiger partial charge in [-0.05, 0) is 76.3 Å². The van der Waals surface area contributed by atoms with Crippen molar-refractivity contribution in [1.82, 2.24) is 14.8 Å². The van der Waals surface area contributed by atoms with Crippen LogP contribution in [0.4, 0.5) is 5.00 Å². The van der Waals surface area contributed by atoms with Gasteiger partial charge in [0.2, 0.25) is 5.91 Å². The Balaban J connectivity index is 1.34. The van der Waals surface area contributed by atoms with Crippen molar-refractivity contribution in [2.45, 2.75) is 89.3 Å². The standard InChI is InChI=1S/C27H34N4O3S3/c1-16(2)31-24(19-14-35-20-12-9-8-10-17(19)20)29-30-27(31)36-15-22(32)28-25-23(26(33)34-3)18-11-6-4-5-7-13-21(18)37-25/h14,16H,4-13,15H2,1-3H3,(H,28,32). The van der Waals surface area contributed by atoms with E-state index in [-0.39, 0.29) is 23.7 Å². The fourth-order valence-electron chi connectivity index (χ4n) is 5.32. The second-order valence-electron chi connectivity index (χ2n) is 9.98. The summed E-state index contributed by atoms with van der Waals surface area (Å²) in [5.74, 6) is 0.556. The summed E-state index contributed by atoms with van der Waals surface area (Å²) in [5, 5.41) is 15.6. The van der Waals surface area contributed by atoms with Gasteiger partial charge in [-0.25, -0.2) is 4.79 Å². The summed E-state index contributed by atoms with van der Waals surface area (Å²) < 4.78 is 7.24. The van der Waals surface area contributed by atoms with Crippen molar-refractivity contribution >= 4 is 51.3 Å². The van der Waals surface area contributed by atoms with Gasteiger partial charge in [0.05, 0.1) is 18.4 Å². The van der Waals surface area contributed by atoms with Crippen LogP contribution in [-0.4, -0.2) is 39.5 Å². The predicted molar refractivity (Wildman–Crippen MR) is 151 cm³/mol. The molecule has 3 aromatic heterocycles. The molecule has 0 saturated carbocycles. The third kappa shape index (κ3) is 5.52. The maximum atomic E-state index is 13.1. The zero-order valence-corrected chi connectivity index (χ0v) is 24.2. The number of ether oxygens (including phenoxy) is 1. The number of thiophene rings is 2. The van der Waals surface area contributed by atoms with Gasteiger partial charge in [0.15, 0.2) is 11.0 Å². The highest BCUT2D eigenvalue weighted by Gasteiger charge is 2.27. The minimum Gasteiger partial charge on any atom is -0.465 e. The van der Waals surface area contributed by atoms with Crippen molar-refractivity contribution in [3.63, 3.8) is 0 Å². The molecule has 0 aromatic carbocycles. The largest absolute Gasteiger partial charge is 0.465 e. The van der Waals surface area contributed by atoms with Crippen LogP contribution in [0.1, 0.15) is 89.7 Å². The lowest BCUT2D eigenvalue weighted by molar-refractivity contribution is -0.113. The number of thioether (sulfide) groups is 1. The Morgan fingerprint density at radius 3 is 2.51 bits per heavy atom. The molecular weight excluding hydrogens is 525 g/mol. The normalized spacial score (nSPS) is 15.6. The highest BCUT2D eigenvalue weighted by Crippen LogP contribution is 2.39. The lowest BCUT2D eigenvalue weighted by Crippen LogP contribution is -2.17. The zero-order chi connectivity index (χ0) is 25.9. The van der Waals surface area contributed by atoms with Crippen LogP contribution in [0.15, 0.2) is 10.5 Å². The number of hydrogen-bond donors (Lipinski definition) is 1. The van der Waals surface area contributed by atoms with E-state index in [9.17, 15) is 9.59 Å². The molecule has 0 aliphatic heterocycles. The Morgan fingerprint density at radius 2 is 1.73 bits per heavy atom. The zero-order valence-electron chi connectivity index (χ0n) is 21.7. The first-order valence-electron chi connectivity index (χ1n) is 13.2. The van der Waals surface area contributed by atoms with Gasteiger partial charge in [0.25, 0.3) is 0 Å². The molecule has 10 heteroatoms. The van der Waals surface area contributed by atoms with E-state index in [4.69, 9.17) is 4.74 Å². The average molecular weight is 559 g/mol. The van der Waals surface area contributed by atoms with Gasteiger partial charge in [-0.2, -0.15) is 0 Å². The van der Waals surface area contributed by atoms with E-state index >= 15 is 0 Å². The summed E-state index contributed by atoms with van der Waals surface area (Å²) in [6.45, 7) is 4.25. The van der Waals surface area contributed by atoms with Crippen LogP contribution >= 0.6 is 34.4 Å². The molecule has 0 radical (unpaired) electrons. The van der Waals surface area contributed by atoms with Crippen LogP contribution in [-0.2, 0) is 35.2 Å². The lowest BCUT2D eigenvalue weighted by atomic mass is 9.95. The van der Waals surface area contributed by atoms with Gasteiger partial charge in [-0.1, -0.05) is 24.6 Å². The van der Waals surface area contributed by atoms with Crippen LogP contribution in [0, 0.1) is 0 Å². The van der Waals surface area contributed by atoms with E-state index < -0.39 is 0 Å². The Labute approximate surface area is 230 Å². The summed E-state index contributed by atoms with van der Waals surface area (Å²) in [6.07, 6.45) is 11.1. The summed E-state index contributed by atoms with van der Waals surface area (Å²) in [5.41, 5.74) is 4.21. The second kappa shape index (κ2) is 11.7. The highest BCUT2D eigenvalue weighted by molar-refractivity contribution is 7.99. The van der Waals surface area contributed by atoms with E-state index in [0.717, 1.165) is 55.1 Å². The molecule has 0 spiro atoms. The van der Waals surface area contributed by atoms with Gasteiger partial charge in [0.1, 0.15) is 5.00 Å². The molecule has 3 aromatic rings. The average Bonchev–Trinajstić information content (AvgIpc) is 3.57. The van der Waals surface area contributed by atoms with Crippen molar-refractivity contribution < 1.29 is 14.3 Å². The highest BCUT2D eigenvalue weighted by atomic mass is 32.2. The Kier molecular flexibility index (Phi) is 8.36. The molecule has 0 unspecified atom stereocenters. The van der Waals surface area contributed by atoms with Crippen molar-refractivity contribution in [2.24, 2.45) is 0 Å². The minimum atomic E-state index is -0.371. The maximum Gasteiger partial charge on any atom is 0.341 e. The van der Waals surface area contributed by atoms with E-state index in [1.807, 2.05) is 11.3 Å².